The van der Waals surface area contributed by atoms with Crippen LogP contribution in [-0.2, 0) is 20.4 Å². The second kappa shape index (κ2) is 31.5. The van der Waals surface area contributed by atoms with Gasteiger partial charge in [-0.05, 0) is 98.8 Å². The maximum Gasteiger partial charge on any atom is 2.00 e. The first-order chi connectivity index (χ1) is 31.3. The van der Waals surface area contributed by atoms with Crippen LogP contribution in [-0.4, -0.2) is 24.6 Å². The van der Waals surface area contributed by atoms with E-state index in [0.29, 0.717) is 0 Å². The number of benzene rings is 8. The Kier molecular flexibility index (Phi) is 26.2. The standard InChI is InChI=1S/2C26H24P2.2ClO3.Pd/c2*1-5-13-23(14-6-1)27(24-15-7-2-8-16-24)21-22-28(25-17-9-3-10-18-25)26-19-11-4-12-20-26;2*2-1(3)4;/h2*1-20H,21-22H2;;;/q;;2*-1;+2. The second-order valence-corrected chi connectivity index (χ2v) is 23.8. The molecule has 8 aromatic rings. The minimum atomic E-state index is -2.85. The maximum absolute atomic E-state index is 8.41. The molecule has 8 rings (SSSR count). The van der Waals surface area contributed by atoms with Crippen molar-refractivity contribution in [3.05, 3.63) is 243 Å². The molecule has 0 spiro atoms. The molecule has 0 N–H and O–H groups in total. The molecule has 0 unspecified atom stereocenters. The van der Waals surface area contributed by atoms with Crippen LogP contribution in [0, 0.1) is 21.6 Å². The molecule has 0 atom stereocenters. The maximum atomic E-state index is 8.41. The van der Waals surface area contributed by atoms with E-state index in [1.165, 1.54) is 67.1 Å². The van der Waals surface area contributed by atoms with Crippen molar-refractivity contribution in [2.24, 2.45) is 0 Å². The fraction of sp³-hybridized carbons (Fsp3) is 0.0769. The summed E-state index contributed by atoms with van der Waals surface area (Å²) in [5.41, 5.74) is 0. The minimum Gasteiger partial charge on any atom is -0.357 e. The zero-order chi connectivity index (χ0) is 45.2. The summed E-state index contributed by atoms with van der Waals surface area (Å²) in [5.74, 6) is 0. The number of hydrogen-bond donors (Lipinski definition) is 0. The fourth-order valence-corrected chi connectivity index (χ4v) is 17.6. The molecule has 65 heavy (non-hydrogen) atoms. The molecule has 0 amide bonds. The SMILES string of the molecule is [O-][Cl+2]([O-])[O-].[O-][Cl+2]([O-])[O-].[Pd+2].c1ccc(P(CCP(c2ccccc2)c2ccccc2)c2ccccc2)cc1.c1ccc(P(CCP(c2ccccc2)c2ccccc2)c2ccccc2)cc1. The molecule has 0 aliphatic carbocycles. The van der Waals surface area contributed by atoms with Crippen molar-refractivity contribution >= 4 is 74.1 Å². The molecule has 8 aromatic carbocycles. The first-order valence-corrected chi connectivity index (χ1v) is 28.2. The molecule has 0 aliphatic rings. The van der Waals surface area contributed by atoms with Gasteiger partial charge in [-0.3, -0.25) is 0 Å². The minimum absolute atomic E-state index is 0. The molecular formula is C52H48Cl2O6P4Pd. The van der Waals surface area contributed by atoms with Gasteiger partial charge in [0.25, 0.3) is 0 Å². The van der Waals surface area contributed by atoms with Gasteiger partial charge in [-0.15, -0.1) is 0 Å². The van der Waals surface area contributed by atoms with E-state index in [0.717, 1.165) is 0 Å². The summed E-state index contributed by atoms with van der Waals surface area (Å²) < 4.78 is 50.4. The van der Waals surface area contributed by atoms with Crippen LogP contribution in [0.4, 0.5) is 0 Å². The largest absolute Gasteiger partial charge is 2.00 e. The van der Waals surface area contributed by atoms with Crippen LogP contribution >= 0.6 is 31.7 Å². The normalized spacial score (nSPS) is 10.6. The molecule has 6 nitrogen and oxygen atoms in total. The van der Waals surface area contributed by atoms with E-state index in [-0.39, 0.29) is 52.1 Å². The van der Waals surface area contributed by atoms with E-state index in [4.69, 9.17) is 28.0 Å². The van der Waals surface area contributed by atoms with Crippen molar-refractivity contribution in [3.63, 3.8) is 0 Å². The third-order valence-electron chi connectivity index (χ3n) is 9.64. The predicted molar refractivity (Wildman–Crippen MR) is 256 cm³/mol. The van der Waals surface area contributed by atoms with Gasteiger partial charge in [0.05, 0.1) is 21.6 Å². The molecule has 0 heterocycles. The van der Waals surface area contributed by atoms with E-state index in [9.17, 15) is 0 Å². The van der Waals surface area contributed by atoms with Gasteiger partial charge in [-0.2, -0.15) is 0 Å². The third kappa shape index (κ3) is 19.7. The summed E-state index contributed by atoms with van der Waals surface area (Å²) in [7, 11) is -7.10. The molecule has 336 valence electrons. The summed E-state index contributed by atoms with van der Waals surface area (Å²) in [4.78, 5) is 0. The van der Waals surface area contributed by atoms with Gasteiger partial charge in [0, 0.05) is 0 Å². The Bertz CT molecular complexity index is 1890. The summed E-state index contributed by atoms with van der Waals surface area (Å²) in [6, 6.07) is 88.4. The van der Waals surface area contributed by atoms with Gasteiger partial charge >= 0.3 is 20.4 Å². The van der Waals surface area contributed by atoms with Crippen LogP contribution in [0.2, 0.25) is 0 Å². The average Bonchev–Trinajstić information content (AvgIpc) is 3.34. The van der Waals surface area contributed by atoms with Gasteiger partial charge in [0.1, 0.15) is 0 Å². The Balaban J connectivity index is 0.000000241. The Morgan fingerprint density at radius 2 is 0.308 bits per heavy atom. The van der Waals surface area contributed by atoms with Crippen molar-refractivity contribution in [1.29, 1.82) is 0 Å². The first-order valence-electron chi connectivity index (χ1n) is 20.3. The summed E-state index contributed by atoms with van der Waals surface area (Å²) in [5, 5.41) is 11.8. The molecule has 13 heteroatoms. The monoisotopic (exact) mass is 1070 g/mol. The number of halogens is 2. The number of rotatable bonds is 14. The fourth-order valence-electron chi connectivity index (χ4n) is 6.89. The molecule has 0 saturated carbocycles. The third-order valence-corrected chi connectivity index (χ3v) is 20.4. The van der Waals surface area contributed by atoms with E-state index in [1.54, 1.807) is 0 Å². The average molecular weight is 1070 g/mol. The van der Waals surface area contributed by atoms with Crippen LogP contribution in [0.1, 0.15) is 0 Å². The van der Waals surface area contributed by atoms with E-state index in [1.807, 2.05) is 0 Å². The van der Waals surface area contributed by atoms with Crippen LogP contribution in [0.5, 0.6) is 0 Å². The van der Waals surface area contributed by atoms with Crippen molar-refractivity contribution in [3.8, 4) is 0 Å². The second-order valence-electron chi connectivity index (χ2n) is 13.7. The van der Waals surface area contributed by atoms with Gasteiger partial charge in [-0.25, -0.2) is 0 Å². The molecule has 0 aliphatic heterocycles. The van der Waals surface area contributed by atoms with Gasteiger partial charge in [-0.1, -0.05) is 243 Å². The summed E-state index contributed by atoms with van der Waals surface area (Å²) in [6.07, 6.45) is 4.83. The predicted octanol–water partition coefficient (Wildman–Crippen LogP) is 3.37. The van der Waals surface area contributed by atoms with Crippen LogP contribution in [0.15, 0.2) is 243 Å². The molecule has 0 fully saturated rings. The Labute approximate surface area is 408 Å². The quantitative estimate of drug-likeness (QED) is 0.121. The van der Waals surface area contributed by atoms with Gasteiger partial charge < -0.3 is 28.0 Å². The molecule has 0 saturated heterocycles. The summed E-state index contributed by atoms with van der Waals surface area (Å²) in [6.45, 7) is 0. The molecule has 0 radical (unpaired) electrons. The van der Waals surface area contributed by atoms with E-state index in [2.05, 4.69) is 243 Å². The Hall–Kier alpha value is -3.52. The zero-order valence-corrected chi connectivity index (χ0v) is 41.9. The topological polar surface area (TPSA) is 138 Å². The smallest absolute Gasteiger partial charge is 0.357 e. The van der Waals surface area contributed by atoms with Crippen LogP contribution in [0.25, 0.3) is 0 Å². The summed E-state index contributed by atoms with van der Waals surface area (Å²) >= 11 is 0. The van der Waals surface area contributed by atoms with Gasteiger partial charge in [0.15, 0.2) is 0 Å². The number of hydrogen-bond acceptors (Lipinski definition) is 6. The van der Waals surface area contributed by atoms with Gasteiger partial charge in [0.2, 0.25) is 0 Å². The Morgan fingerprint density at radius 3 is 0.400 bits per heavy atom. The molecule has 0 bridgehead atoms. The van der Waals surface area contributed by atoms with Crippen LogP contribution < -0.4 is 70.4 Å². The van der Waals surface area contributed by atoms with Crippen molar-refractivity contribution < 1.29 is 69.9 Å². The van der Waals surface area contributed by atoms with E-state index >= 15 is 0 Å². The van der Waals surface area contributed by atoms with Crippen molar-refractivity contribution in [2.75, 3.05) is 24.6 Å². The van der Waals surface area contributed by atoms with Crippen molar-refractivity contribution in [2.45, 2.75) is 0 Å². The van der Waals surface area contributed by atoms with Crippen molar-refractivity contribution in [1.82, 2.24) is 0 Å². The molecule has 0 aromatic heterocycles. The molecular weight excluding hydrogens is 1020 g/mol. The Morgan fingerprint density at radius 1 is 0.215 bits per heavy atom. The van der Waals surface area contributed by atoms with E-state index < -0.39 is 21.6 Å². The first kappa shape index (κ1) is 54.1. The van der Waals surface area contributed by atoms with Crippen LogP contribution in [0.3, 0.4) is 0 Å². The zero-order valence-electron chi connectivity index (χ0n) is 35.2.